The molecule has 1 aliphatic rings. The lowest BCUT2D eigenvalue weighted by molar-refractivity contribution is 0.0330. The molecule has 1 rings (SSSR count). The molecule has 1 fully saturated rings. The Kier molecular flexibility index (Phi) is 2.90. The Balaban J connectivity index is 2.18. The minimum Gasteiger partial charge on any atom is -0.389 e. The lowest BCUT2D eigenvalue weighted by atomic mass is 9.93. The van der Waals surface area contributed by atoms with Gasteiger partial charge in [-0.15, -0.1) is 0 Å². The average Bonchev–Trinajstić information content (AvgIpc) is 2.83. The van der Waals surface area contributed by atoms with Crippen molar-refractivity contribution in [3.63, 3.8) is 0 Å². The highest BCUT2D eigenvalue weighted by atomic mass is 16.3. The number of rotatable bonds is 5. The Morgan fingerprint density at radius 1 is 1.55 bits per heavy atom. The molecule has 0 bridgehead atoms. The third-order valence-electron chi connectivity index (χ3n) is 2.75. The third kappa shape index (κ3) is 2.80. The molecule has 0 heterocycles. The third-order valence-corrected chi connectivity index (χ3v) is 2.75. The van der Waals surface area contributed by atoms with Gasteiger partial charge in [0.1, 0.15) is 0 Å². The fraction of sp³-hybridized carbons (Fsp3) is 1.00. The van der Waals surface area contributed by atoms with Gasteiger partial charge < -0.3 is 10.8 Å². The van der Waals surface area contributed by atoms with Crippen LogP contribution in [0.25, 0.3) is 0 Å². The van der Waals surface area contributed by atoms with Crippen LogP contribution in [0.15, 0.2) is 0 Å². The molecule has 2 heteroatoms. The molecule has 3 N–H and O–H groups in total. The molecular weight excluding hydrogens is 138 g/mol. The molecule has 1 aliphatic carbocycles. The topological polar surface area (TPSA) is 46.2 Å². The summed E-state index contributed by atoms with van der Waals surface area (Å²) >= 11 is 0. The van der Waals surface area contributed by atoms with Crippen molar-refractivity contribution in [3.8, 4) is 0 Å². The molecule has 0 aromatic rings. The van der Waals surface area contributed by atoms with Crippen molar-refractivity contribution in [1.82, 2.24) is 0 Å². The van der Waals surface area contributed by atoms with E-state index in [1.54, 1.807) is 0 Å². The van der Waals surface area contributed by atoms with Crippen LogP contribution in [-0.2, 0) is 0 Å². The molecule has 1 atom stereocenters. The van der Waals surface area contributed by atoms with Crippen molar-refractivity contribution in [2.45, 2.75) is 44.6 Å². The van der Waals surface area contributed by atoms with Crippen LogP contribution in [-0.4, -0.2) is 17.3 Å². The molecule has 66 valence electrons. The van der Waals surface area contributed by atoms with Crippen LogP contribution in [0.5, 0.6) is 0 Å². The molecule has 0 amide bonds. The van der Waals surface area contributed by atoms with Crippen LogP contribution in [0.2, 0.25) is 0 Å². The molecule has 0 aromatic heterocycles. The van der Waals surface area contributed by atoms with Crippen molar-refractivity contribution in [2.75, 3.05) is 6.54 Å². The van der Waals surface area contributed by atoms with E-state index in [0.29, 0.717) is 6.54 Å². The Bertz CT molecular complexity index is 117. The Labute approximate surface area is 68.8 Å². The zero-order chi connectivity index (χ0) is 8.32. The summed E-state index contributed by atoms with van der Waals surface area (Å²) in [7, 11) is 0. The fourth-order valence-electron chi connectivity index (χ4n) is 1.30. The molecule has 0 spiro atoms. The first-order valence-corrected chi connectivity index (χ1v) is 4.62. The number of hydrogen-bond acceptors (Lipinski definition) is 2. The van der Waals surface area contributed by atoms with Crippen molar-refractivity contribution in [1.29, 1.82) is 0 Å². The monoisotopic (exact) mass is 157 g/mol. The molecule has 0 saturated heterocycles. The maximum absolute atomic E-state index is 9.78. The zero-order valence-corrected chi connectivity index (χ0v) is 7.34. The van der Waals surface area contributed by atoms with E-state index in [-0.39, 0.29) is 0 Å². The van der Waals surface area contributed by atoms with Crippen molar-refractivity contribution < 1.29 is 5.11 Å². The lowest BCUT2D eigenvalue weighted by Crippen LogP contribution is -2.36. The van der Waals surface area contributed by atoms with Crippen LogP contribution >= 0.6 is 0 Å². The normalized spacial score (nSPS) is 23.2. The van der Waals surface area contributed by atoms with E-state index in [1.165, 1.54) is 19.3 Å². The summed E-state index contributed by atoms with van der Waals surface area (Å²) in [6.45, 7) is 2.41. The van der Waals surface area contributed by atoms with Gasteiger partial charge in [0.05, 0.1) is 5.60 Å². The van der Waals surface area contributed by atoms with Gasteiger partial charge in [0.2, 0.25) is 0 Å². The molecule has 0 aliphatic heterocycles. The van der Waals surface area contributed by atoms with E-state index >= 15 is 0 Å². The summed E-state index contributed by atoms with van der Waals surface area (Å²) in [4.78, 5) is 0. The van der Waals surface area contributed by atoms with Crippen LogP contribution in [0, 0.1) is 5.92 Å². The molecule has 1 unspecified atom stereocenters. The summed E-state index contributed by atoms with van der Waals surface area (Å²) < 4.78 is 0. The number of hydrogen-bond donors (Lipinski definition) is 2. The second kappa shape index (κ2) is 3.55. The van der Waals surface area contributed by atoms with Crippen LogP contribution in [0.3, 0.4) is 0 Å². The average molecular weight is 157 g/mol. The van der Waals surface area contributed by atoms with Crippen LogP contribution in [0.1, 0.15) is 39.0 Å². The van der Waals surface area contributed by atoms with E-state index in [2.05, 4.69) is 0 Å². The Morgan fingerprint density at radius 3 is 2.55 bits per heavy atom. The van der Waals surface area contributed by atoms with E-state index in [4.69, 9.17) is 5.73 Å². The van der Waals surface area contributed by atoms with E-state index in [0.717, 1.165) is 18.8 Å². The van der Waals surface area contributed by atoms with Gasteiger partial charge in [-0.3, -0.25) is 0 Å². The first-order valence-electron chi connectivity index (χ1n) is 4.62. The first kappa shape index (κ1) is 9.01. The summed E-state index contributed by atoms with van der Waals surface area (Å²) in [6.07, 6.45) is 5.58. The van der Waals surface area contributed by atoms with Gasteiger partial charge in [-0.2, -0.15) is 0 Å². The van der Waals surface area contributed by atoms with E-state index in [1.807, 2.05) is 6.92 Å². The van der Waals surface area contributed by atoms with E-state index in [9.17, 15) is 5.11 Å². The Hall–Kier alpha value is -0.0800. The highest BCUT2D eigenvalue weighted by Crippen LogP contribution is 2.35. The summed E-state index contributed by atoms with van der Waals surface area (Å²) in [5, 5.41) is 9.78. The fourth-order valence-corrected chi connectivity index (χ4v) is 1.30. The molecular formula is C9H19NO. The lowest BCUT2D eigenvalue weighted by Gasteiger charge is -2.24. The largest absolute Gasteiger partial charge is 0.389 e. The SMILES string of the molecule is CCC(O)(CN)CCC1CC1. The van der Waals surface area contributed by atoms with E-state index < -0.39 is 5.60 Å². The smallest absolute Gasteiger partial charge is 0.0766 e. The van der Waals surface area contributed by atoms with Gasteiger partial charge in [0, 0.05) is 6.54 Å². The number of aliphatic hydroxyl groups is 1. The van der Waals surface area contributed by atoms with Crippen molar-refractivity contribution in [2.24, 2.45) is 11.7 Å². The van der Waals surface area contributed by atoms with Crippen LogP contribution in [0.4, 0.5) is 0 Å². The Morgan fingerprint density at radius 2 is 2.18 bits per heavy atom. The van der Waals surface area contributed by atoms with Gasteiger partial charge in [-0.05, 0) is 25.2 Å². The van der Waals surface area contributed by atoms with Crippen molar-refractivity contribution >= 4 is 0 Å². The van der Waals surface area contributed by atoms with Gasteiger partial charge >= 0.3 is 0 Å². The standard InChI is InChI=1S/C9H19NO/c1-2-9(11,7-10)6-5-8-3-4-8/h8,11H,2-7,10H2,1H3. The zero-order valence-electron chi connectivity index (χ0n) is 7.34. The predicted molar refractivity (Wildman–Crippen MR) is 46.3 cm³/mol. The summed E-state index contributed by atoms with van der Waals surface area (Å²) in [5.74, 6) is 0.902. The second-order valence-electron chi connectivity index (χ2n) is 3.76. The molecule has 0 radical (unpaired) electrons. The molecule has 1 saturated carbocycles. The molecule has 0 aromatic carbocycles. The van der Waals surface area contributed by atoms with Gasteiger partial charge in [0.15, 0.2) is 0 Å². The molecule has 2 nitrogen and oxygen atoms in total. The maximum Gasteiger partial charge on any atom is 0.0766 e. The summed E-state index contributed by atoms with van der Waals surface area (Å²) in [6, 6.07) is 0. The first-order chi connectivity index (χ1) is 5.20. The predicted octanol–water partition coefficient (Wildman–Crippen LogP) is 1.28. The van der Waals surface area contributed by atoms with Crippen molar-refractivity contribution in [3.05, 3.63) is 0 Å². The minimum absolute atomic E-state index is 0.413. The van der Waals surface area contributed by atoms with Crippen LogP contribution < -0.4 is 5.73 Å². The highest BCUT2D eigenvalue weighted by molar-refractivity contribution is 4.82. The molecule has 11 heavy (non-hydrogen) atoms. The number of nitrogens with two attached hydrogens (primary N) is 1. The highest BCUT2D eigenvalue weighted by Gasteiger charge is 2.28. The van der Waals surface area contributed by atoms with Gasteiger partial charge in [-0.1, -0.05) is 19.8 Å². The van der Waals surface area contributed by atoms with Gasteiger partial charge in [0.25, 0.3) is 0 Å². The van der Waals surface area contributed by atoms with Gasteiger partial charge in [-0.25, -0.2) is 0 Å². The second-order valence-corrected chi connectivity index (χ2v) is 3.76. The quantitative estimate of drug-likeness (QED) is 0.631. The summed E-state index contributed by atoms with van der Waals surface area (Å²) in [5.41, 5.74) is 4.91. The minimum atomic E-state index is -0.567. The maximum atomic E-state index is 9.78.